The summed E-state index contributed by atoms with van der Waals surface area (Å²) in [5, 5.41) is 0.492. The van der Waals surface area contributed by atoms with E-state index in [2.05, 4.69) is 4.90 Å². The first-order valence-electron chi connectivity index (χ1n) is 12.1. The van der Waals surface area contributed by atoms with Crippen LogP contribution in [-0.2, 0) is 14.8 Å². The van der Waals surface area contributed by atoms with E-state index in [0.29, 0.717) is 30.6 Å². The summed E-state index contributed by atoms with van der Waals surface area (Å²) in [4.78, 5) is 17.5. The van der Waals surface area contributed by atoms with Crippen LogP contribution in [0.15, 0.2) is 41.3 Å². The molecule has 3 saturated heterocycles. The number of piperidine rings is 2. The highest BCUT2D eigenvalue weighted by atomic mass is 35.5. The first-order chi connectivity index (χ1) is 15.9. The summed E-state index contributed by atoms with van der Waals surface area (Å²) >= 11 is 5.94. The lowest BCUT2D eigenvalue weighted by molar-refractivity contribution is 0.0355. The molecule has 0 aromatic heterocycles. The van der Waals surface area contributed by atoms with Gasteiger partial charge in [0.15, 0.2) is 0 Å². The SMILES string of the molecule is O=C(O[C@H]1C=CC2CCC1N2S(=O)(=O)c1ccc(Cl)cc1)N1CCC(N2CCCCC2)CC1. The van der Waals surface area contributed by atoms with Gasteiger partial charge in [-0.25, -0.2) is 13.2 Å². The van der Waals surface area contributed by atoms with E-state index in [0.717, 1.165) is 19.3 Å². The number of hydrogen-bond acceptors (Lipinski definition) is 5. The predicted octanol–water partition coefficient (Wildman–Crippen LogP) is 3.89. The highest BCUT2D eigenvalue weighted by Crippen LogP contribution is 2.38. The summed E-state index contributed by atoms with van der Waals surface area (Å²) in [6.07, 6.45) is 10.0. The van der Waals surface area contributed by atoms with Crippen LogP contribution in [-0.4, -0.2) is 79.0 Å². The number of sulfonamides is 1. The molecule has 33 heavy (non-hydrogen) atoms. The number of carbonyl (C=O) groups is 1. The second kappa shape index (κ2) is 9.56. The summed E-state index contributed by atoms with van der Waals surface area (Å²) in [6, 6.07) is 6.20. The van der Waals surface area contributed by atoms with Gasteiger partial charge in [-0.05, 0) is 82.0 Å². The Hall–Kier alpha value is -1.61. The van der Waals surface area contributed by atoms with E-state index in [1.165, 1.54) is 48.8 Å². The zero-order valence-electron chi connectivity index (χ0n) is 18.8. The van der Waals surface area contributed by atoms with Crippen LogP contribution in [0.25, 0.3) is 0 Å². The van der Waals surface area contributed by atoms with Gasteiger partial charge in [-0.15, -0.1) is 0 Å². The fraction of sp³-hybridized carbons (Fsp3) is 0.625. The average Bonchev–Trinajstić information content (AvgIpc) is 3.18. The van der Waals surface area contributed by atoms with Crippen molar-refractivity contribution in [3.05, 3.63) is 41.4 Å². The summed E-state index contributed by atoms with van der Waals surface area (Å²) in [5.41, 5.74) is 0. The van der Waals surface area contributed by atoms with Crippen LogP contribution in [0.5, 0.6) is 0 Å². The Kier molecular flexibility index (Phi) is 6.71. The fourth-order valence-corrected chi connectivity index (χ4v) is 7.75. The molecule has 0 aliphatic carbocycles. The Morgan fingerprint density at radius 2 is 1.61 bits per heavy atom. The number of carbonyl (C=O) groups excluding carboxylic acids is 1. The molecule has 0 radical (unpaired) electrons. The quantitative estimate of drug-likeness (QED) is 0.595. The van der Waals surface area contributed by atoms with E-state index in [4.69, 9.17) is 16.3 Å². The summed E-state index contributed by atoms with van der Waals surface area (Å²) in [5.74, 6) is 0. The number of fused-ring (bicyclic) bond motifs is 2. The van der Waals surface area contributed by atoms with Crippen molar-refractivity contribution in [2.45, 2.75) is 74.1 Å². The number of hydrogen-bond donors (Lipinski definition) is 0. The number of halogens is 1. The van der Waals surface area contributed by atoms with Crippen molar-refractivity contribution in [1.29, 1.82) is 0 Å². The molecule has 1 aromatic carbocycles. The summed E-state index contributed by atoms with van der Waals surface area (Å²) < 4.78 is 34.2. The van der Waals surface area contributed by atoms with Crippen LogP contribution in [0, 0.1) is 0 Å². The van der Waals surface area contributed by atoms with Crippen molar-refractivity contribution in [2.75, 3.05) is 26.2 Å². The van der Waals surface area contributed by atoms with Crippen LogP contribution in [0.2, 0.25) is 5.02 Å². The van der Waals surface area contributed by atoms with E-state index < -0.39 is 16.1 Å². The maximum Gasteiger partial charge on any atom is 0.410 e. The Morgan fingerprint density at radius 3 is 2.30 bits per heavy atom. The third-order valence-electron chi connectivity index (χ3n) is 7.57. The highest BCUT2D eigenvalue weighted by molar-refractivity contribution is 7.89. The van der Waals surface area contributed by atoms with Gasteiger partial charge >= 0.3 is 6.09 Å². The van der Waals surface area contributed by atoms with Gasteiger partial charge in [-0.3, -0.25) is 0 Å². The van der Waals surface area contributed by atoms with E-state index in [1.54, 1.807) is 17.0 Å². The molecule has 0 N–H and O–H groups in total. The molecule has 3 fully saturated rings. The van der Waals surface area contributed by atoms with Gasteiger partial charge in [-0.1, -0.05) is 24.1 Å². The lowest BCUT2D eigenvalue weighted by Crippen LogP contribution is -2.52. The Morgan fingerprint density at radius 1 is 0.909 bits per heavy atom. The number of likely N-dealkylation sites (tertiary alicyclic amines) is 2. The molecule has 180 valence electrons. The number of benzene rings is 1. The molecule has 0 saturated carbocycles. The van der Waals surface area contributed by atoms with Gasteiger partial charge in [-0.2, -0.15) is 4.31 Å². The maximum atomic E-state index is 13.4. The zero-order valence-corrected chi connectivity index (χ0v) is 20.4. The molecule has 1 amide bonds. The van der Waals surface area contributed by atoms with Crippen LogP contribution in [0.4, 0.5) is 4.79 Å². The maximum absolute atomic E-state index is 13.4. The molecule has 3 atom stereocenters. The third kappa shape index (κ3) is 4.67. The molecule has 9 heteroatoms. The van der Waals surface area contributed by atoms with Gasteiger partial charge in [0.05, 0.1) is 10.9 Å². The van der Waals surface area contributed by atoms with Gasteiger partial charge < -0.3 is 14.5 Å². The van der Waals surface area contributed by atoms with Crippen molar-refractivity contribution in [3.8, 4) is 0 Å². The number of rotatable bonds is 4. The lowest BCUT2D eigenvalue weighted by atomic mass is 10.0. The molecule has 0 spiro atoms. The van der Waals surface area contributed by atoms with Crippen LogP contribution in [0.3, 0.4) is 0 Å². The Balaban J connectivity index is 1.22. The standard InChI is InChI=1S/C24H32ClN3O4S/c25-18-4-8-21(9-5-18)33(30,31)28-20-6-10-22(28)23(11-7-20)32-24(29)27-16-12-19(13-17-27)26-14-2-1-3-15-26/h4-5,7-9,11,19-20,22-23H,1-3,6,10,12-17H2/t20?,22?,23-/m0/s1. The molecular weight excluding hydrogens is 462 g/mol. The molecule has 2 unspecified atom stereocenters. The smallest absolute Gasteiger partial charge is 0.410 e. The lowest BCUT2D eigenvalue weighted by Gasteiger charge is -2.40. The van der Waals surface area contributed by atoms with Crippen LogP contribution in [0.1, 0.15) is 44.9 Å². The normalized spacial score (nSPS) is 29.4. The van der Waals surface area contributed by atoms with Crippen molar-refractivity contribution in [3.63, 3.8) is 0 Å². The minimum Gasteiger partial charge on any atom is -0.440 e. The van der Waals surface area contributed by atoms with E-state index in [-0.39, 0.29) is 23.1 Å². The largest absolute Gasteiger partial charge is 0.440 e. The first-order valence-corrected chi connectivity index (χ1v) is 13.9. The van der Waals surface area contributed by atoms with Gasteiger partial charge in [0.25, 0.3) is 0 Å². The van der Waals surface area contributed by atoms with E-state index in [9.17, 15) is 13.2 Å². The van der Waals surface area contributed by atoms with Crippen molar-refractivity contribution < 1.29 is 17.9 Å². The first kappa shape index (κ1) is 23.1. The van der Waals surface area contributed by atoms with Gasteiger partial charge in [0.2, 0.25) is 10.0 Å². The van der Waals surface area contributed by atoms with Gasteiger partial charge in [0.1, 0.15) is 6.10 Å². The molecule has 4 heterocycles. The minimum absolute atomic E-state index is 0.203. The molecule has 7 nitrogen and oxygen atoms in total. The average molecular weight is 494 g/mol. The molecular formula is C24H32ClN3O4S. The molecule has 5 rings (SSSR count). The van der Waals surface area contributed by atoms with Crippen molar-refractivity contribution in [1.82, 2.24) is 14.1 Å². The van der Waals surface area contributed by atoms with E-state index >= 15 is 0 Å². The second-order valence-corrected chi connectivity index (χ2v) is 11.8. The van der Waals surface area contributed by atoms with Crippen LogP contribution >= 0.6 is 11.6 Å². The second-order valence-electron chi connectivity index (χ2n) is 9.55. The van der Waals surface area contributed by atoms with Gasteiger partial charge in [0, 0.05) is 30.2 Å². The van der Waals surface area contributed by atoms with E-state index in [1.807, 2.05) is 12.2 Å². The summed E-state index contributed by atoms with van der Waals surface area (Å²) in [7, 11) is -3.71. The highest BCUT2D eigenvalue weighted by Gasteiger charge is 2.48. The predicted molar refractivity (Wildman–Crippen MR) is 127 cm³/mol. The Bertz CT molecular complexity index is 985. The topological polar surface area (TPSA) is 70.2 Å². The number of amides is 1. The molecule has 1 aromatic rings. The van der Waals surface area contributed by atoms with Crippen molar-refractivity contribution in [2.24, 2.45) is 0 Å². The zero-order chi connectivity index (χ0) is 23.0. The fourth-order valence-electron chi connectivity index (χ4n) is 5.79. The Labute approximate surface area is 201 Å². The monoisotopic (exact) mass is 493 g/mol. The molecule has 4 aliphatic rings. The molecule has 2 bridgehead atoms. The number of nitrogens with zero attached hydrogens (tertiary/aromatic N) is 3. The third-order valence-corrected chi connectivity index (χ3v) is 9.79. The molecule has 4 aliphatic heterocycles. The summed E-state index contributed by atoms with van der Waals surface area (Å²) in [6.45, 7) is 3.72. The van der Waals surface area contributed by atoms with Crippen LogP contribution < -0.4 is 0 Å². The minimum atomic E-state index is -3.71. The van der Waals surface area contributed by atoms with Crippen molar-refractivity contribution >= 4 is 27.7 Å². The number of ether oxygens (including phenoxy) is 1.